The van der Waals surface area contributed by atoms with Crippen molar-refractivity contribution in [3.63, 3.8) is 0 Å². The molecule has 0 aliphatic rings. The van der Waals surface area contributed by atoms with Crippen LogP contribution < -0.4 is 5.84 Å². The minimum atomic E-state index is 2.73. The Morgan fingerprint density at radius 3 is 2.00 bits per heavy atom. The fourth-order valence-electron chi connectivity index (χ4n) is 0. The standard InChI is InChI=1S/H3N3S/c1-2-3-4/h(H2,1,3)(H,2,4). The van der Waals surface area contributed by atoms with Gasteiger partial charge in [-0.2, -0.15) is 0 Å². The predicted octanol–water partition coefficient (Wildman–Crippen LogP) is 0.157. The largest absolute Gasteiger partial charge is 0.304 e. The first-order valence-electron chi connectivity index (χ1n) is 0.658. The normalized spacial score (nSPS) is 9.25. The zero-order chi connectivity index (χ0) is 3.41. The van der Waals surface area contributed by atoms with Crippen LogP contribution in [0.4, 0.5) is 0 Å². The monoisotopic (exact) mass is 77.0 g/mol. The van der Waals surface area contributed by atoms with Crippen LogP contribution in [0.1, 0.15) is 0 Å². The summed E-state index contributed by atoms with van der Waals surface area (Å²) in [6, 6.07) is 0. The summed E-state index contributed by atoms with van der Waals surface area (Å²) in [6.45, 7) is 0. The molecule has 0 saturated heterocycles. The van der Waals surface area contributed by atoms with Crippen molar-refractivity contribution in [2.75, 3.05) is 0 Å². The van der Waals surface area contributed by atoms with Crippen LogP contribution in [0.5, 0.6) is 0 Å². The van der Waals surface area contributed by atoms with E-state index in [9.17, 15) is 0 Å². The zero-order valence-corrected chi connectivity index (χ0v) is 2.81. The van der Waals surface area contributed by atoms with E-state index in [2.05, 4.69) is 28.4 Å². The van der Waals surface area contributed by atoms with E-state index in [0.717, 1.165) is 0 Å². The highest BCUT2D eigenvalue weighted by atomic mass is 32.1. The maximum absolute atomic E-state index is 4.41. The molecule has 0 rings (SSSR count). The first kappa shape index (κ1) is 3.75. The molecule has 0 bridgehead atoms. The van der Waals surface area contributed by atoms with E-state index in [-0.39, 0.29) is 0 Å². The van der Waals surface area contributed by atoms with Gasteiger partial charge in [0.2, 0.25) is 0 Å². The van der Waals surface area contributed by atoms with Gasteiger partial charge in [-0.25, -0.2) is 0 Å². The molecular weight excluding hydrogens is 74.1 g/mol. The molecule has 0 atom stereocenters. The Kier molecular flexibility index (Phi) is 2.58. The molecule has 0 radical (unpaired) electrons. The molecule has 4 heteroatoms. The van der Waals surface area contributed by atoms with E-state index < -0.39 is 0 Å². The minimum Gasteiger partial charge on any atom is -0.304 e. The Balaban J connectivity index is 2.55. The van der Waals surface area contributed by atoms with Gasteiger partial charge in [-0.1, -0.05) is 5.22 Å². The Morgan fingerprint density at radius 2 is 2.00 bits per heavy atom. The highest BCUT2D eigenvalue weighted by Gasteiger charge is 1.31. The van der Waals surface area contributed by atoms with Gasteiger partial charge in [0.05, 0.1) is 0 Å². The zero-order valence-electron chi connectivity index (χ0n) is 1.92. The van der Waals surface area contributed by atoms with Crippen molar-refractivity contribution >= 4 is 12.8 Å². The summed E-state index contributed by atoms with van der Waals surface area (Å²) in [5.74, 6) is 4.41. The SMILES string of the molecule is N/N=N/S. The smallest absolute Gasteiger partial charge is 0.0174 e. The first-order chi connectivity index (χ1) is 1.91. The molecule has 0 aromatic heterocycles. The van der Waals surface area contributed by atoms with Gasteiger partial charge in [-0.15, -0.1) is 4.52 Å². The molecule has 0 unspecified atom stereocenters. The predicted molar refractivity (Wildman–Crippen MR) is 18.0 cm³/mol. The number of nitrogens with zero attached hydrogens (tertiary/aromatic N) is 2. The maximum Gasteiger partial charge on any atom is -0.0174 e. The Labute approximate surface area is 29.4 Å². The van der Waals surface area contributed by atoms with Gasteiger partial charge >= 0.3 is 0 Å². The van der Waals surface area contributed by atoms with Crippen molar-refractivity contribution in [1.82, 2.24) is 0 Å². The van der Waals surface area contributed by atoms with Crippen LogP contribution in [0.3, 0.4) is 0 Å². The molecule has 0 aromatic rings. The summed E-state index contributed by atoms with van der Waals surface area (Å²) in [7, 11) is 0. The van der Waals surface area contributed by atoms with Crippen molar-refractivity contribution in [3.05, 3.63) is 0 Å². The minimum absolute atomic E-state index is 2.73. The Bertz CT molecular complexity index is 18.5. The summed E-state index contributed by atoms with van der Waals surface area (Å²) < 4.78 is 2.83. The summed E-state index contributed by atoms with van der Waals surface area (Å²) in [5, 5.41) is 2.73. The quantitative estimate of drug-likeness (QED) is 0.184. The van der Waals surface area contributed by atoms with Crippen LogP contribution in [0, 0.1) is 0 Å². The van der Waals surface area contributed by atoms with E-state index in [1.165, 1.54) is 0 Å². The van der Waals surface area contributed by atoms with Crippen LogP contribution >= 0.6 is 12.8 Å². The lowest BCUT2D eigenvalue weighted by atomic mass is 12.8. The topological polar surface area (TPSA) is 50.7 Å². The summed E-state index contributed by atoms with van der Waals surface area (Å²) >= 11 is 3.25. The molecule has 24 valence electrons. The summed E-state index contributed by atoms with van der Waals surface area (Å²) in [4.78, 5) is 0. The van der Waals surface area contributed by atoms with Crippen molar-refractivity contribution in [3.8, 4) is 0 Å². The molecule has 0 aliphatic carbocycles. The second kappa shape index (κ2) is 2.75. The molecule has 0 aromatic carbocycles. The number of thiol groups is 1. The first-order valence-corrected chi connectivity index (χ1v) is 1.06. The molecule has 0 saturated carbocycles. The molecule has 0 spiro atoms. The third kappa shape index (κ3) is 1.75. The lowest BCUT2D eigenvalue weighted by Gasteiger charge is -1.53. The number of hydrogen-bond donors (Lipinski definition) is 2. The molecule has 4 heavy (non-hydrogen) atoms. The molecule has 0 amide bonds. The van der Waals surface area contributed by atoms with Gasteiger partial charge in [0.25, 0.3) is 0 Å². The fraction of sp³-hybridized carbons (Fsp3) is 0. The van der Waals surface area contributed by atoms with Gasteiger partial charge in [0.1, 0.15) is 0 Å². The van der Waals surface area contributed by atoms with E-state index in [0.29, 0.717) is 0 Å². The average Bonchev–Trinajstić information content (AvgIpc) is 1.37. The van der Waals surface area contributed by atoms with E-state index in [4.69, 9.17) is 0 Å². The number of rotatable bonds is 0. The fourth-order valence-corrected chi connectivity index (χ4v) is 0. The Hall–Kier alpha value is -0.250. The third-order valence-corrected chi connectivity index (χ3v) is 0.155. The van der Waals surface area contributed by atoms with Gasteiger partial charge in [-0.3, -0.25) is 0 Å². The molecule has 0 aliphatic heterocycles. The second-order valence-electron chi connectivity index (χ2n) is 0.205. The molecule has 3 nitrogen and oxygen atoms in total. The Morgan fingerprint density at radius 1 is 1.75 bits per heavy atom. The second-order valence-corrected chi connectivity index (χ2v) is 0.384. The van der Waals surface area contributed by atoms with Crippen LogP contribution in [-0.2, 0) is 0 Å². The molecule has 0 fully saturated rings. The van der Waals surface area contributed by atoms with Crippen molar-refractivity contribution < 1.29 is 0 Å². The highest BCUT2D eigenvalue weighted by Crippen LogP contribution is 1.65. The average molecular weight is 77.1 g/mol. The summed E-state index contributed by atoms with van der Waals surface area (Å²) in [6.07, 6.45) is 0. The molecule has 0 heterocycles. The number of nitrogens with two attached hydrogens (primary N) is 1. The van der Waals surface area contributed by atoms with Crippen molar-refractivity contribution in [1.29, 1.82) is 0 Å². The van der Waals surface area contributed by atoms with Crippen molar-refractivity contribution in [2.45, 2.75) is 0 Å². The number of hydrogen-bond acceptors (Lipinski definition) is 2. The van der Waals surface area contributed by atoms with Gasteiger partial charge in [0.15, 0.2) is 0 Å². The van der Waals surface area contributed by atoms with E-state index in [1.54, 1.807) is 0 Å². The summed E-state index contributed by atoms with van der Waals surface area (Å²) in [5.41, 5.74) is 0. The lowest BCUT2D eigenvalue weighted by molar-refractivity contribution is 1.12. The molecular formula is H3N3S. The highest BCUT2D eigenvalue weighted by molar-refractivity contribution is 7.78. The van der Waals surface area contributed by atoms with Crippen LogP contribution in [0.15, 0.2) is 9.74 Å². The third-order valence-electron chi connectivity index (χ3n) is 0.0516. The van der Waals surface area contributed by atoms with E-state index in [1.807, 2.05) is 0 Å². The van der Waals surface area contributed by atoms with Gasteiger partial charge in [-0.05, 0) is 12.8 Å². The maximum atomic E-state index is 4.41. The van der Waals surface area contributed by atoms with Crippen LogP contribution in [-0.4, -0.2) is 0 Å². The lowest BCUT2D eigenvalue weighted by Crippen LogP contribution is -1.68. The van der Waals surface area contributed by atoms with E-state index >= 15 is 0 Å². The van der Waals surface area contributed by atoms with Gasteiger partial charge < -0.3 is 5.84 Å². The van der Waals surface area contributed by atoms with Crippen LogP contribution in [0.2, 0.25) is 0 Å². The van der Waals surface area contributed by atoms with Crippen molar-refractivity contribution in [2.24, 2.45) is 15.6 Å². The van der Waals surface area contributed by atoms with Crippen LogP contribution in [0.25, 0.3) is 0 Å². The van der Waals surface area contributed by atoms with Gasteiger partial charge in [0, 0.05) is 0 Å². The molecule has 2 N–H and O–H groups in total.